The van der Waals surface area contributed by atoms with Gasteiger partial charge in [-0.1, -0.05) is 78.9 Å². The number of para-hydroxylation sites is 3. The molecule has 5 aromatic carbocycles. The molecule has 0 unspecified atom stereocenters. The van der Waals surface area contributed by atoms with E-state index in [1.807, 2.05) is 109 Å². The lowest BCUT2D eigenvalue weighted by Gasteiger charge is -2.37. The largest absolute Gasteiger partial charge is 0.465 e. The molecular weight excluding hydrogens is 604 g/mol. The fourth-order valence-corrected chi connectivity index (χ4v) is 6.33. The van der Waals surface area contributed by atoms with E-state index in [1.54, 1.807) is 32.7 Å². The predicted octanol–water partition coefficient (Wildman–Crippen LogP) is 6.42. The van der Waals surface area contributed by atoms with Crippen LogP contribution in [0.3, 0.4) is 0 Å². The number of carboxylic acid groups (broad SMARTS) is 1. The average Bonchev–Trinajstić information content (AvgIpc) is 3.50. The zero-order valence-electron chi connectivity index (χ0n) is 25.9. The molecule has 0 bridgehead atoms. The number of nitrogen functional groups attached to an aromatic ring is 1. The van der Waals surface area contributed by atoms with Crippen molar-refractivity contribution in [2.75, 3.05) is 17.2 Å². The minimum Gasteiger partial charge on any atom is -0.465 e. The predicted molar refractivity (Wildman–Crippen MR) is 185 cm³/mol. The molecule has 0 radical (unpaired) electrons. The fraction of sp³-hybridized carbons (Fsp3) is 0.105. The number of amides is 3. The number of carbonyl (C=O) groups is 3. The fourth-order valence-electron chi connectivity index (χ4n) is 6.33. The van der Waals surface area contributed by atoms with Gasteiger partial charge >= 0.3 is 6.09 Å². The molecule has 0 saturated carbocycles. The van der Waals surface area contributed by atoms with Crippen molar-refractivity contribution in [2.45, 2.75) is 19.0 Å². The molecule has 0 spiro atoms. The Labute approximate surface area is 276 Å². The van der Waals surface area contributed by atoms with Gasteiger partial charge in [-0.3, -0.25) is 14.5 Å². The van der Waals surface area contributed by atoms with Crippen molar-refractivity contribution < 1.29 is 19.5 Å². The van der Waals surface area contributed by atoms with Crippen LogP contribution >= 0.6 is 0 Å². The Kier molecular flexibility index (Phi) is 8.04. The van der Waals surface area contributed by atoms with Crippen LogP contribution in [0, 0.1) is 0 Å². The highest BCUT2D eigenvalue weighted by Crippen LogP contribution is 2.33. The molecule has 0 aliphatic carbocycles. The highest BCUT2D eigenvalue weighted by molar-refractivity contribution is 6.16. The first-order chi connectivity index (χ1) is 23.4. The van der Waals surface area contributed by atoms with Gasteiger partial charge in [-0.05, 0) is 66.1 Å². The van der Waals surface area contributed by atoms with Crippen LogP contribution in [0.2, 0.25) is 0 Å². The molecule has 48 heavy (non-hydrogen) atoms. The van der Waals surface area contributed by atoms with Crippen molar-refractivity contribution >= 4 is 45.9 Å². The molecule has 238 valence electrons. The summed E-state index contributed by atoms with van der Waals surface area (Å²) in [6.07, 6.45) is -0.677. The van der Waals surface area contributed by atoms with Gasteiger partial charge in [0.05, 0.1) is 22.8 Å². The Hall–Kier alpha value is -6.42. The summed E-state index contributed by atoms with van der Waals surface area (Å²) in [6, 6.07) is 38.6. The van der Waals surface area contributed by atoms with Gasteiger partial charge in [0, 0.05) is 35.5 Å². The molecule has 0 saturated heterocycles. The molecular formula is C38H32N6O4. The first-order valence-corrected chi connectivity index (χ1v) is 15.6. The topological polar surface area (TPSA) is 134 Å². The molecule has 6 aromatic rings. The lowest BCUT2D eigenvalue weighted by atomic mass is 9.93. The van der Waals surface area contributed by atoms with Gasteiger partial charge in [-0.15, -0.1) is 0 Å². The zero-order valence-corrected chi connectivity index (χ0v) is 25.9. The summed E-state index contributed by atoms with van der Waals surface area (Å²) in [4.78, 5) is 43.8. The van der Waals surface area contributed by atoms with Crippen LogP contribution in [0.1, 0.15) is 32.0 Å². The van der Waals surface area contributed by atoms with Gasteiger partial charge in [0.2, 0.25) is 0 Å². The third kappa shape index (κ3) is 5.71. The molecule has 2 heterocycles. The van der Waals surface area contributed by atoms with Gasteiger partial charge in [0.15, 0.2) is 5.69 Å². The highest BCUT2D eigenvalue weighted by atomic mass is 16.4. The van der Waals surface area contributed by atoms with E-state index in [2.05, 4.69) is 5.32 Å². The number of fused-ring (bicyclic) bond motifs is 2. The number of rotatable bonds is 7. The molecule has 1 aliphatic rings. The number of aromatic nitrogens is 2. The second kappa shape index (κ2) is 12.8. The Balaban J connectivity index is 1.34. The summed E-state index contributed by atoms with van der Waals surface area (Å²) >= 11 is 0. The van der Waals surface area contributed by atoms with Gasteiger partial charge in [-0.2, -0.15) is 5.10 Å². The minimum absolute atomic E-state index is 0.0607. The van der Waals surface area contributed by atoms with Crippen LogP contribution < -0.4 is 16.0 Å². The third-order valence-corrected chi connectivity index (χ3v) is 8.61. The van der Waals surface area contributed by atoms with Crippen LogP contribution in [0.5, 0.6) is 0 Å². The van der Waals surface area contributed by atoms with Gasteiger partial charge in [-0.25, -0.2) is 9.48 Å². The van der Waals surface area contributed by atoms with Crippen molar-refractivity contribution in [1.82, 2.24) is 20.0 Å². The summed E-state index contributed by atoms with van der Waals surface area (Å²) in [6.45, 7) is 0.354. The van der Waals surface area contributed by atoms with Gasteiger partial charge in [0.25, 0.3) is 11.8 Å². The zero-order chi connectivity index (χ0) is 33.2. The molecule has 10 heteroatoms. The van der Waals surface area contributed by atoms with E-state index in [9.17, 15) is 19.5 Å². The van der Waals surface area contributed by atoms with Crippen LogP contribution in [0.4, 0.5) is 21.9 Å². The number of hydrogen-bond donors (Lipinski definition) is 3. The first-order valence-electron chi connectivity index (χ1n) is 15.6. The number of nitrogens with two attached hydrogens (primary N) is 1. The molecule has 1 aromatic heterocycles. The molecule has 7 rings (SSSR count). The Bertz CT molecular complexity index is 2110. The van der Waals surface area contributed by atoms with E-state index in [0.717, 1.165) is 11.1 Å². The van der Waals surface area contributed by atoms with E-state index < -0.39 is 12.1 Å². The lowest BCUT2D eigenvalue weighted by Crippen LogP contribution is -2.50. The Morgan fingerprint density at radius 3 is 2.12 bits per heavy atom. The molecule has 1 aliphatic heterocycles. The maximum atomic E-state index is 14.5. The summed E-state index contributed by atoms with van der Waals surface area (Å²) in [5.41, 5.74) is 11.6. The smallest absolute Gasteiger partial charge is 0.404 e. The third-order valence-electron chi connectivity index (χ3n) is 8.61. The quantitative estimate of drug-likeness (QED) is 0.173. The SMILES string of the molecule is Nc1ccc(-n2nc(C(=O)N(c3ccccc3)c3ccccc3)c3ccccc32)c(C(=O)N2Cc3ccccc3C[C@H]2CNC(=O)O)c1. The number of carbonyl (C=O) groups excluding carboxylic acids is 2. The standard InChI is InChI=1S/C38H32N6O4/c39-27-19-20-34(32(22-27)36(45)42-24-26-12-8-7-11-25(26)21-30(42)23-40-38(47)48)44-33-18-10-9-17-31(33)35(41-44)37(46)43(28-13-3-1-4-14-28)29-15-5-2-6-16-29/h1-20,22,30,40H,21,23-24,39H2,(H,47,48)/t30-/m0/s1. The van der Waals surface area contributed by atoms with Crippen molar-refractivity contribution in [3.8, 4) is 5.69 Å². The number of nitrogens with one attached hydrogen (secondary N) is 1. The number of benzene rings is 5. The van der Waals surface area contributed by atoms with Crippen LogP contribution in [0.25, 0.3) is 16.6 Å². The van der Waals surface area contributed by atoms with Gasteiger partial charge < -0.3 is 21.1 Å². The van der Waals surface area contributed by atoms with E-state index >= 15 is 0 Å². The monoisotopic (exact) mass is 636 g/mol. The second-order valence-electron chi connectivity index (χ2n) is 11.6. The molecule has 1 atom stereocenters. The van der Waals surface area contributed by atoms with Crippen LogP contribution in [-0.4, -0.2) is 50.3 Å². The van der Waals surface area contributed by atoms with Crippen molar-refractivity contribution in [3.05, 3.63) is 150 Å². The second-order valence-corrected chi connectivity index (χ2v) is 11.6. The van der Waals surface area contributed by atoms with Gasteiger partial charge in [0.1, 0.15) is 0 Å². The van der Waals surface area contributed by atoms with E-state index in [-0.39, 0.29) is 29.6 Å². The van der Waals surface area contributed by atoms with E-state index in [0.29, 0.717) is 46.6 Å². The maximum absolute atomic E-state index is 14.5. The van der Waals surface area contributed by atoms with Crippen molar-refractivity contribution in [2.24, 2.45) is 0 Å². The molecule has 10 nitrogen and oxygen atoms in total. The van der Waals surface area contributed by atoms with Crippen LogP contribution in [-0.2, 0) is 13.0 Å². The van der Waals surface area contributed by atoms with E-state index in [4.69, 9.17) is 10.8 Å². The van der Waals surface area contributed by atoms with Crippen molar-refractivity contribution in [3.63, 3.8) is 0 Å². The number of nitrogens with zero attached hydrogens (tertiary/aromatic N) is 4. The first kappa shape index (κ1) is 30.2. The molecule has 4 N–H and O–H groups in total. The number of anilines is 3. The Morgan fingerprint density at radius 1 is 0.812 bits per heavy atom. The summed E-state index contributed by atoms with van der Waals surface area (Å²) in [5, 5.41) is 17.3. The van der Waals surface area contributed by atoms with E-state index in [1.165, 1.54) is 0 Å². The lowest BCUT2D eigenvalue weighted by molar-refractivity contribution is 0.0636. The maximum Gasteiger partial charge on any atom is 0.404 e. The highest BCUT2D eigenvalue weighted by Gasteiger charge is 2.33. The normalized spacial score (nSPS) is 13.9. The number of hydrogen-bond acceptors (Lipinski definition) is 5. The summed E-state index contributed by atoms with van der Waals surface area (Å²) in [5.74, 6) is -0.662. The van der Waals surface area contributed by atoms with Crippen LogP contribution in [0.15, 0.2) is 127 Å². The average molecular weight is 637 g/mol. The molecule has 3 amide bonds. The summed E-state index contributed by atoms with van der Waals surface area (Å²) < 4.78 is 1.62. The minimum atomic E-state index is -1.16. The summed E-state index contributed by atoms with van der Waals surface area (Å²) in [7, 11) is 0. The molecule has 0 fully saturated rings. The van der Waals surface area contributed by atoms with Crippen molar-refractivity contribution in [1.29, 1.82) is 0 Å². The Morgan fingerprint density at radius 2 is 1.44 bits per heavy atom.